The van der Waals surface area contributed by atoms with Crippen molar-refractivity contribution >= 4 is 30.5 Å². The van der Waals surface area contributed by atoms with Gasteiger partial charge in [0.2, 0.25) is 0 Å². The summed E-state index contributed by atoms with van der Waals surface area (Å²) < 4.78 is 35.8. The van der Waals surface area contributed by atoms with Gasteiger partial charge in [-0.1, -0.05) is 24.1 Å². The molecule has 1 heterocycles. The minimum atomic E-state index is -0.605. The third-order valence-corrected chi connectivity index (χ3v) is 6.40. The van der Waals surface area contributed by atoms with E-state index in [0.29, 0.717) is 11.1 Å². The van der Waals surface area contributed by atoms with Crippen LogP contribution in [0.3, 0.4) is 0 Å². The van der Waals surface area contributed by atoms with E-state index in [-0.39, 0.29) is 29.6 Å². The molecule has 168 valence electrons. The van der Waals surface area contributed by atoms with Gasteiger partial charge in [-0.15, -0.1) is 0 Å². The Morgan fingerprint density at radius 2 is 1.80 bits per heavy atom. The first-order chi connectivity index (χ1) is 13.7. The van der Waals surface area contributed by atoms with Crippen LogP contribution in [-0.4, -0.2) is 35.6 Å². The highest BCUT2D eigenvalue weighted by atomic mass is 32.2. The first kappa shape index (κ1) is 25.2. The highest BCUT2D eigenvalue weighted by Gasteiger charge is 2.52. The fraction of sp³-hybridized carbons (Fsp3) is 0.682. The summed E-state index contributed by atoms with van der Waals surface area (Å²) in [5, 5.41) is 0. The van der Waals surface area contributed by atoms with Crippen LogP contribution >= 0.6 is 11.9 Å². The van der Waals surface area contributed by atoms with E-state index in [1.54, 1.807) is 26.0 Å². The summed E-state index contributed by atoms with van der Waals surface area (Å²) in [5.74, 6) is -0.714. The highest BCUT2D eigenvalue weighted by molar-refractivity contribution is 7.98. The fourth-order valence-corrected chi connectivity index (χ4v) is 3.75. The van der Waals surface area contributed by atoms with Gasteiger partial charge in [0.25, 0.3) is 0 Å². The van der Waals surface area contributed by atoms with Gasteiger partial charge in [0.1, 0.15) is 5.82 Å². The highest BCUT2D eigenvalue weighted by Crippen LogP contribution is 2.37. The summed E-state index contributed by atoms with van der Waals surface area (Å²) in [7, 11) is -0.605. The molecule has 1 aliphatic rings. The molecule has 1 aliphatic heterocycles. The third-order valence-electron chi connectivity index (χ3n) is 5.39. The quantitative estimate of drug-likeness (QED) is 0.385. The van der Waals surface area contributed by atoms with E-state index in [1.807, 2.05) is 27.7 Å². The predicted octanol–water partition coefficient (Wildman–Crippen LogP) is 4.46. The Hall–Kier alpha value is -1.09. The molecule has 30 heavy (non-hydrogen) atoms. The van der Waals surface area contributed by atoms with Crippen molar-refractivity contribution in [3.63, 3.8) is 0 Å². The minimum absolute atomic E-state index is 0.0279. The number of hydrogen-bond acceptors (Lipinski definition) is 6. The van der Waals surface area contributed by atoms with Gasteiger partial charge in [-0.05, 0) is 73.3 Å². The van der Waals surface area contributed by atoms with E-state index in [4.69, 9.17) is 14.0 Å². The lowest BCUT2D eigenvalue weighted by atomic mass is 9.76. The molecule has 0 radical (unpaired) electrons. The average molecular weight is 439 g/mol. The summed E-state index contributed by atoms with van der Waals surface area (Å²) in [6.45, 7) is 17.8. The maximum absolute atomic E-state index is 15.2. The standard InChI is InChI=1S/C22H35BFNO4S/c1-10-27-18(26)13-17(25-30-20(3,4)5)16-12-15(11-14(2)19(16)24)23-28-21(6,7)22(8,9)29-23/h11-12,17,25H,10,13H2,1-9H3/t17-/m0/s1. The molecule has 8 heteroatoms. The molecule has 1 aromatic carbocycles. The van der Waals surface area contributed by atoms with Crippen LogP contribution in [0.4, 0.5) is 4.39 Å². The van der Waals surface area contributed by atoms with Gasteiger partial charge in [-0.2, -0.15) is 0 Å². The lowest BCUT2D eigenvalue weighted by molar-refractivity contribution is -0.143. The Morgan fingerprint density at radius 1 is 1.23 bits per heavy atom. The summed E-state index contributed by atoms with van der Waals surface area (Å²) in [5.41, 5.74) is 0.632. The van der Waals surface area contributed by atoms with Gasteiger partial charge in [0.05, 0.1) is 30.3 Å². The summed E-state index contributed by atoms with van der Waals surface area (Å²) in [6.07, 6.45) is 0.0279. The van der Waals surface area contributed by atoms with Crippen LogP contribution < -0.4 is 10.2 Å². The van der Waals surface area contributed by atoms with Gasteiger partial charge in [-0.3, -0.25) is 9.52 Å². The average Bonchev–Trinajstić information content (AvgIpc) is 2.81. The monoisotopic (exact) mass is 439 g/mol. The number of rotatable bonds is 7. The van der Waals surface area contributed by atoms with Gasteiger partial charge in [-0.25, -0.2) is 4.39 Å². The molecule has 0 aliphatic carbocycles. The van der Waals surface area contributed by atoms with Crippen LogP contribution in [0.15, 0.2) is 12.1 Å². The number of benzene rings is 1. The Balaban J connectivity index is 2.41. The number of nitrogens with one attached hydrogen (secondary N) is 1. The van der Waals surface area contributed by atoms with Crippen molar-refractivity contribution in [2.45, 2.75) is 90.7 Å². The van der Waals surface area contributed by atoms with E-state index in [2.05, 4.69) is 25.5 Å². The molecule has 0 spiro atoms. The second-order valence-corrected chi connectivity index (χ2v) is 11.4. The minimum Gasteiger partial charge on any atom is -0.466 e. The van der Waals surface area contributed by atoms with Crippen molar-refractivity contribution in [2.75, 3.05) is 6.61 Å². The number of carbonyl (C=O) groups is 1. The molecule has 0 bridgehead atoms. The van der Waals surface area contributed by atoms with E-state index >= 15 is 4.39 Å². The number of esters is 1. The molecule has 0 saturated carbocycles. The van der Waals surface area contributed by atoms with Crippen LogP contribution in [0, 0.1) is 12.7 Å². The first-order valence-electron chi connectivity index (χ1n) is 10.4. The van der Waals surface area contributed by atoms with Gasteiger partial charge >= 0.3 is 13.1 Å². The zero-order chi connectivity index (χ0) is 22.9. The summed E-state index contributed by atoms with van der Waals surface area (Å²) >= 11 is 1.46. The van der Waals surface area contributed by atoms with Crippen LogP contribution in [0.2, 0.25) is 0 Å². The van der Waals surface area contributed by atoms with Gasteiger partial charge in [0, 0.05) is 10.3 Å². The smallest absolute Gasteiger partial charge is 0.466 e. The lowest BCUT2D eigenvalue weighted by Crippen LogP contribution is -2.41. The number of aryl methyl sites for hydroxylation is 1. The third kappa shape index (κ3) is 5.99. The number of carbonyl (C=O) groups excluding carboxylic acids is 1. The molecule has 1 fully saturated rings. The van der Waals surface area contributed by atoms with Crippen molar-refractivity contribution in [1.29, 1.82) is 0 Å². The SMILES string of the molecule is CCOC(=O)C[C@H](NSC(C)(C)C)c1cc(B2OC(C)(C)C(C)(C)O2)cc(C)c1F. The van der Waals surface area contributed by atoms with Crippen molar-refractivity contribution in [3.05, 3.63) is 29.1 Å². The number of halogens is 1. The maximum Gasteiger partial charge on any atom is 0.494 e. The second kappa shape index (κ2) is 9.19. The van der Waals surface area contributed by atoms with E-state index < -0.39 is 24.4 Å². The van der Waals surface area contributed by atoms with Crippen molar-refractivity contribution < 1.29 is 23.2 Å². The molecule has 1 N–H and O–H groups in total. The van der Waals surface area contributed by atoms with Crippen molar-refractivity contribution in [1.82, 2.24) is 4.72 Å². The van der Waals surface area contributed by atoms with Crippen LogP contribution in [-0.2, 0) is 18.8 Å². The lowest BCUT2D eigenvalue weighted by Gasteiger charge is -2.32. The molecule has 1 aromatic rings. The maximum atomic E-state index is 15.2. The van der Waals surface area contributed by atoms with E-state index in [9.17, 15) is 4.79 Å². The molecular formula is C22H35BFNO4S. The van der Waals surface area contributed by atoms with Gasteiger partial charge < -0.3 is 14.0 Å². The van der Waals surface area contributed by atoms with Crippen molar-refractivity contribution in [2.24, 2.45) is 0 Å². The molecule has 0 amide bonds. The van der Waals surface area contributed by atoms with E-state index in [0.717, 1.165) is 5.46 Å². The molecule has 5 nitrogen and oxygen atoms in total. The van der Waals surface area contributed by atoms with Gasteiger partial charge in [0.15, 0.2) is 0 Å². The predicted molar refractivity (Wildman–Crippen MR) is 121 cm³/mol. The van der Waals surface area contributed by atoms with Crippen molar-refractivity contribution in [3.8, 4) is 0 Å². The van der Waals surface area contributed by atoms with Crippen LogP contribution in [0.5, 0.6) is 0 Å². The Bertz CT molecular complexity index is 763. The molecular weight excluding hydrogens is 404 g/mol. The normalized spacial score (nSPS) is 19.1. The molecule has 0 aromatic heterocycles. The largest absolute Gasteiger partial charge is 0.494 e. The summed E-state index contributed by atoms with van der Waals surface area (Å²) in [6, 6.07) is 2.94. The molecule has 2 rings (SSSR count). The Labute approximate surface area is 185 Å². The second-order valence-electron chi connectivity index (χ2n) is 9.72. The molecule has 1 atom stereocenters. The van der Waals surface area contributed by atoms with Crippen LogP contribution in [0.1, 0.15) is 79.0 Å². The Kier molecular flexibility index (Phi) is 7.71. The molecule has 1 saturated heterocycles. The molecule has 0 unspecified atom stereocenters. The first-order valence-corrected chi connectivity index (χ1v) is 11.2. The Morgan fingerprint density at radius 3 is 2.30 bits per heavy atom. The van der Waals surface area contributed by atoms with E-state index in [1.165, 1.54) is 11.9 Å². The fourth-order valence-electron chi connectivity index (χ4n) is 3.04. The topological polar surface area (TPSA) is 56.8 Å². The number of ether oxygens (including phenoxy) is 1. The van der Waals surface area contributed by atoms with Crippen LogP contribution in [0.25, 0.3) is 0 Å². The number of hydrogen-bond donors (Lipinski definition) is 1. The summed E-state index contributed by atoms with van der Waals surface area (Å²) in [4.78, 5) is 12.2. The zero-order valence-electron chi connectivity index (χ0n) is 19.6. The zero-order valence-corrected chi connectivity index (χ0v) is 20.5.